The molecule has 0 rings (SSSR count). The predicted octanol–water partition coefficient (Wildman–Crippen LogP) is 0.278. The maximum Gasteiger partial charge on any atom is 0.313 e. The topological polar surface area (TPSA) is 83.8 Å². The first-order valence-electron chi connectivity index (χ1n) is 4.91. The Balaban J connectivity index is 0. The summed E-state index contributed by atoms with van der Waals surface area (Å²) in [5.74, 6) is -0.599. The minimum Gasteiger partial charge on any atom is -0.466 e. The van der Waals surface area contributed by atoms with Gasteiger partial charge in [0.05, 0.1) is 19.3 Å². The summed E-state index contributed by atoms with van der Waals surface area (Å²) in [4.78, 5) is 20.6. The third kappa shape index (κ3) is 15.8. The van der Waals surface area contributed by atoms with E-state index in [0.29, 0.717) is 13.0 Å². The summed E-state index contributed by atoms with van der Waals surface area (Å²) in [6.07, 6.45) is 0.0228. The second-order valence-corrected chi connectivity index (χ2v) is 2.93. The lowest BCUT2D eigenvalue weighted by Crippen LogP contribution is -2.08. The lowest BCUT2D eigenvalue weighted by molar-refractivity contribution is -0.145. The Hall–Kier alpha value is -0.940. The Bertz CT molecular complexity index is 175. The highest BCUT2D eigenvalue weighted by atomic mass is 16.5. The van der Waals surface area contributed by atoms with Crippen LogP contribution in [0, 0.1) is 0 Å². The predicted molar refractivity (Wildman–Crippen MR) is 55.3 cm³/mol. The molecule has 0 fully saturated rings. The number of hydrogen-bond donors (Lipinski definition) is 2. The largest absolute Gasteiger partial charge is 0.466 e. The highest BCUT2D eigenvalue weighted by Crippen LogP contribution is 1.86. The summed E-state index contributed by atoms with van der Waals surface area (Å²) in [6.45, 7) is 5.11. The first kappa shape index (κ1) is 16.5. The van der Waals surface area contributed by atoms with Crippen molar-refractivity contribution in [2.75, 3.05) is 13.2 Å². The Morgan fingerprint density at radius 1 is 1.33 bits per heavy atom. The van der Waals surface area contributed by atoms with Crippen molar-refractivity contribution in [2.45, 2.75) is 39.7 Å². The zero-order valence-corrected chi connectivity index (χ0v) is 9.52. The van der Waals surface area contributed by atoms with Gasteiger partial charge in [0.2, 0.25) is 0 Å². The van der Waals surface area contributed by atoms with Crippen molar-refractivity contribution >= 4 is 11.8 Å². The molecule has 0 aliphatic rings. The molecule has 0 bridgehead atoms. The number of Topliss-reactive ketones (excluding diaryl/α,β-unsaturated/α-hetero) is 1. The molecule has 15 heavy (non-hydrogen) atoms. The minimum absolute atomic E-state index is 0.103. The maximum absolute atomic E-state index is 10.4. The molecule has 0 saturated carbocycles. The zero-order valence-electron chi connectivity index (χ0n) is 9.52. The molecule has 5 heteroatoms. The molecule has 0 radical (unpaired) electrons. The Labute approximate surface area is 90.1 Å². The zero-order chi connectivity index (χ0) is 12.3. The highest BCUT2D eigenvalue weighted by Gasteiger charge is 2.03. The molecule has 2 N–H and O–H groups in total. The number of ether oxygens (including phenoxy) is 1. The van der Waals surface area contributed by atoms with Crippen LogP contribution >= 0.6 is 0 Å². The SMILES string of the molecule is CCC(O)CO.CCOC(=O)CC(C)=O. The van der Waals surface area contributed by atoms with Crippen LogP contribution in [-0.4, -0.2) is 41.3 Å². The molecule has 0 spiro atoms. The molecule has 0 aromatic carbocycles. The summed E-state index contributed by atoms with van der Waals surface area (Å²) in [6, 6.07) is 0. The highest BCUT2D eigenvalue weighted by molar-refractivity contribution is 5.94. The van der Waals surface area contributed by atoms with Gasteiger partial charge in [-0.1, -0.05) is 6.92 Å². The van der Waals surface area contributed by atoms with Crippen LogP contribution in [0.25, 0.3) is 0 Å². The van der Waals surface area contributed by atoms with Crippen LogP contribution in [0.3, 0.4) is 0 Å². The lowest BCUT2D eigenvalue weighted by atomic mass is 10.3. The molecule has 5 nitrogen and oxygen atoms in total. The molecular formula is C10H20O5. The molecule has 1 atom stereocenters. The number of esters is 1. The molecule has 0 aliphatic carbocycles. The van der Waals surface area contributed by atoms with Crippen molar-refractivity contribution in [1.82, 2.24) is 0 Å². The molecule has 0 saturated heterocycles. The molecule has 0 amide bonds. The van der Waals surface area contributed by atoms with Gasteiger partial charge in [-0.05, 0) is 20.3 Å². The van der Waals surface area contributed by atoms with Crippen molar-refractivity contribution in [1.29, 1.82) is 0 Å². The van der Waals surface area contributed by atoms with Crippen LogP contribution in [-0.2, 0) is 14.3 Å². The summed E-state index contributed by atoms with van der Waals surface area (Å²) in [5, 5.41) is 16.5. The molecular weight excluding hydrogens is 200 g/mol. The van der Waals surface area contributed by atoms with Crippen LogP contribution < -0.4 is 0 Å². The Kier molecular flexibility index (Phi) is 12.2. The van der Waals surface area contributed by atoms with Crippen molar-refractivity contribution in [3.8, 4) is 0 Å². The van der Waals surface area contributed by atoms with E-state index < -0.39 is 12.1 Å². The lowest BCUT2D eigenvalue weighted by Gasteiger charge is -1.97. The number of ketones is 1. The van der Waals surface area contributed by atoms with Crippen molar-refractivity contribution in [3.63, 3.8) is 0 Å². The summed E-state index contributed by atoms with van der Waals surface area (Å²) in [5.41, 5.74) is 0. The van der Waals surface area contributed by atoms with Gasteiger partial charge in [0, 0.05) is 0 Å². The van der Waals surface area contributed by atoms with E-state index in [1.165, 1.54) is 6.92 Å². The molecule has 0 aromatic heterocycles. The van der Waals surface area contributed by atoms with Crippen LogP contribution in [0.15, 0.2) is 0 Å². The average molecular weight is 220 g/mol. The second-order valence-electron chi connectivity index (χ2n) is 2.93. The summed E-state index contributed by atoms with van der Waals surface area (Å²) < 4.78 is 4.49. The van der Waals surface area contributed by atoms with E-state index in [-0.39, 0.29) is 18.8 Å². The number of aliphatic hydroxyl groups is 2. The molecule has 1 unspecified atom stereocenters. The number of rotatable bonds is 5. The molecule has 0 heterocycles. The van der Waals surface area contributed by atoms with E-state index in [1.807, 2.05) is 6.92 Å². The Morgan fingerprint density at radius 2 is 1.87 bits per heavy atom. The maximum atomic E-state index is 10.4. The first-order chi connectivity index (χ1) is 6.97. The standard InChI is InChI=1S/C6H10O3.C4H10O2/c1-3-9-6(8)4-5(2)7;1-2-4(6)3-5/h3-4H2,1-2H3;4-6H,2-3H2,1H3. The van der Waals surface area contributed by atoms with Crippen molar-refractivity contribution < 1.29 is 24.5 Å². The van der Waals surface area contributed by atoms with Gasteiger partial charge in [-0.3, -0.25) is 9.59 Å². The van der Waals surface area contributed by atoms with E-state index >= 15 is 0 Å². The fourth-order valence-corrected chi connectivity index (χ4v) is 0.544. The van der Waals surface area contributed by atoms with E-state index in [0.717, 1.165) is 0 Å². The van der Waals surface area contributed by atoms with Crippen LogP contribution in [0.4, 0.5) is 0 Å². The van der Waals surface area contributed by atoms with Gasteiger partial charge in [-0.25, -0.2) is 0 Å². The number of carbonyl (C=O) groups is 2. The second kappa shape index (κ2) is 11.1. The van der Waals surface area contributed by atoms with Gasteiger partial charge in [0.15, 0.2) is 0 Å². The van der Waals surface area contributed by atoms with Crippen LogP contribution in [0.1, 0.15) is 33.6 Å². The van der Waals surface area contributed by atoms with E-state index in [4.69, 9.17) is 10.2 Å². The fraction of sp³-hybridized carbons (Fsp3) is 0.800. The van der Waals surface area contributed by atoms with Gasteiger partial charge >= 0.3 is 5.97 Å². The normalized spacial score (nSPS) is 11.0. The summed E-state index contributed by atoms with van der Waals surface area (Å²) in [7, 11) is 0. The molecule has 0 aliphatic heterocycles. The third-order valence-corrected chi connectivity index (χ3v) is 1.38. The van der Waals surface area contributed by atoms with E-state index in [2.05, 4.69) is 4.74 Å². The van der Waals surface area contributed by atoms with E-state index in [1.54, 1.807) is 6.92 Å². The number of hydrogen-bond acceptors (Lipinski definition) is 5. The van der Waals surface area contributed by atoms with Gasteiger partial charge in [0.1, 0.15) is 12.2 Å². The van der Waals surface area contributed by atoms with Crippen molar-refractivity contribution in [3.05, 3.63) is 0 Å². The van der Waals surface area contributed by atoms with Crippen molar-refractivity contribution in [2.24, 2.45) is 0 Å². The summed E-state index contributed by atoms with van der Waals surface area (Å²) >= 11 is 0. The number of carbonyl (C=O) groups excluding carboxylic acids is 2. The number of aliphatic hydroxyl groups excluding tert-OH is 2. The smallest absolute Gasteiger partial charge is 0.313 e. The van der Waals surface area contributed by atoms with Gasteiger partial charge in [0.25, 0.3) is 0 Å². The van der Waals surface area contributed by atoms with Gasteiger partial charge < -0.3 is 14.9 Å². The monoisotopic (exact) mass is 220 g/mol. The van der Waals surface area contributed by atoms with Crippen LogP contribution in [0.5, 0.6) is 0 Å². The molecule has 90 valence electrons. The fourth-order valence-electron chi connectivity index (χ4n) is 0.544. The van der Waals surface area contributed by atoms with Gasteiger partial charge in [-0.2, -0.15) is 0 Å². The quantitative estimate of drug-likeness (QED) is 0.513. The van der Waals surface area contributed by atoms with Crippen LogP contribution in [0.2, 0.25) is 0 Å². The molecule has 0 aromatic rings. The first-order valence-corrected chi connectivity index (χ1v) is 4.91. The van der Waals surface area contributed by atoms with Gasteiger partial charge in [-0.15, -0.1) is 0 Å². The minimum atomic E-state index is -0.509. The average Bonchev–Trinajstić information content (AvgIpc) is 2.16. The van der Waals surface area contributed by atoms with E-state index in [9.17, 15) is 9.59 Å². The Morgan fingerprint density at radius 3 is 2.07 bits per heavy atom. The third-order valence-electron chi connectivity index (χ3n) is 1.38.